The molecule has 0 saturated heterocycles. The molecule has 0 fully saturated rings. The predicted octanol–water partition coefficient (Wildman–Crippen LogP) is 3.66. The van der Waals surface area contributed by atoms with Crippen molar-refractivity contribution in [3.63, 3.8) is 0 Å². The Hall–Kier alpha value is -2.92. The summed E-state index contributed by atoms with van der Waals surface area (Å²) >= 11 is 0. The molecular formula is C22H24N4O. The first-order valence-electron chi connectivity index (χ1n) is 9.45. The lowest BCUT2D eigenvalue weighted by atomic mass is 9.96. The van der Waals surface area contributed by atoms with Crippen LogP contribution in [-0.2, 0) is 0 Å². The molecular weight excluding hydrogens is 336 g/mol. The van der Waals surface area contributed by atoms with Gasteiger partial charge in [0.1, 0.15) is 0 Å². The standard InChI is InChI=1S/C22H24N4O/c1-3-24-22(27)17-5-4-14(2)19(12-17)16-6-7-18-20(13-16)25-26-21(18)15-8-10-23-11-9-15/h4-8,12-13,23H,3,9-11H2,1-2H3,(H,24,27)(H,25,26). The Balaban J connectivity index is 1.74. The quantitative estimate of drug-likeness (QED) is 0.665. The van der Waals surface area contributed by atoms with Crippen molar-refractivity contribution in [3.8, 4) is 11.1 Å². The third-order valence-corrected chi connectivity index (χ3v) is 5.08. The van der Waals surface area contributed by atoms with Crippen LogP contribution >= 0.6 is 0 Å². The van der Waals surface area contributed by atoms with Gasteiger partial charge in [-0.05, 0) is 73.3 Å². The molecule has 5 nitrogen and oxygen atoms in total. The van der Waals surface area contributed by atoms with Crippen LogP contribution in [0.2, 0.25) is 0 Å². The Morgan fingerprint density at radius 3 is 2.89 bits per heavy atom. The summed E-state index contributed by atoms with van der Waals surface area (Å²) in [5, 5.41) is 15.1. The fourth-order valence-electron chi connectivity index (χ4n) is 3.61. The fourth-order valence-corrected chi connectivity index (χ4v) is 3.61. The number of aromatic amines is 1. The van der Waals surface area contributed by atoms with Crippen LogP contribution < -0.4 is 10.6 Å². The molecule has 3 N–H and O–H groups in total. The Bertz CT molecular complexity index is 1030. The molecule has 5 heteroatoms. The van der Waals surface area contributed by atoms with Crippen LogP contribution in [0.25, 0.3) is 27.6 Å². The predicted molar refractivity (Wildman–Crippen MR) is 110 cm³/mol. The monoisotopic (exact) mass is 360 g/mol. The molecule has 2 aromatic carbocycles. The molecule has 1 aliphatic rings. The number of hydrogen-bond donors (Lipinski definition) is 3. The van der Waals surface area contributed by atoms with Crippen molar-refractivity contribution < 1.29 is 4.79 Å². The van der Waals surface area contributed by atoms with Crippen molar-refractivity contribution in [3.05, 3.63) is 59.3 Å². The Kier molecular flexibility index (Phi) is 4.77. The third kappa shape index (κ3) is 3.38. The van der Waals surface area contributed by atoms with Gasteiger partial charge in [0.05, 0.1) is 11.2 Å². The average Bonchev–Trinajstić information content (AvgIpc) is 3.12. The number of aryl methyl sites for hydroxylation is 1. The zero-order valence-electron chi connectivity index (χ0n) is 15.7. The van der Waals surface area contributed by atoms with Gasteiger partial charge in [-0.3, -0.25) is 9.89 Å². The topological polar surface area (TPSA) is 69.8 Å². The number of carbonyl (C=O) groups is 1. The second-order valence-electron chi connectivity index (χ2n) is 6.91. The normalized spacial score (nSPS) is 14.2. The van der Waals surface area contributed by atoms with E-state index < -0.39 is 0 Å². The maximum absolute atomic E-state index is 12.2. The minimum atomic E-state index is -0.0403. The maximum Gasteiger partial charge on any atom is 0.251 e. The van der Waals surface area contributed by atoms with E-state index >= 15 is 0 Å². The van der Waals surface area contributed by atoms with Crippen LogP contribution in [0.1, 0.15) is 35.0 Å². The largest absolute Gasteiger partial charge is 0.352 e. The fraction of sp³-hybridized carbons (Fsp3) is 0.273. The van der Waals surface area contributed by atoms with E-state index in [2.05, 4.69) is 52.0 Å². The van der Waals surface area contributed by atoms with Gasteiger partial charge in [-0.2, -0.15) is 5.10 Å². The molecule has 27 heavy (non-hydrogen) atoms. The van der Waals surface area contributed by atoms with Gasteiger partial charge in [0, 0.05) is 24.0 Å². The van der Waals surface area contributed by atoms with Gasteiger partial charge in [0.2, 0.25) is 0 Å². The van der Waals surface area contributed by atoms with Crippen molar-refractivity contribution in [2.24, 2.45) is 0 Å². The summed E-state index contributed by atoms with van der Waals surface area (Å²) in [6, 6.07) is 12.2. The Morgan fingerprint density at radius 2 is 2.11 bits per heavy atom. The van der Waals surface area contributed by atoms with Gasteiger partial charge in [0.15, 0.2) is 0 Å². The summed E-state index contributed by atoms with van der Waals surface area (Å²) in [6.07, 6.45) is 3.21. The highest BCUT2D eigenvalue weighted by molar-refractivity contribution is 5.97. The number of amides is 1. The molecule has 4 rings (SSSR count). The lowest BCUT2D eigenvalue weighted by Crippen LogP contribution is -2.22. The molecule has 2 heterocycles. The van der Waals surface area contributed by atoms with Gasteiger partial charge < -0.3 is 10.6 Å². The summed E-state index contributed by atoms with van der Waals surface area (Å²) < 4.78 is 0. The molecule has 3 aromatic rings. The highest BCUT2D eigenvalue weighted by Crippen LogP contribution is 2.31. The Morgan fingerprint density at radius 1 is 1.22 bits per heavy atom. The van der Waals surface area contributed by atoms with E-state index in [1.165, 1.54) is 5.57 Å². The number of nitrogens with one attached hydrogen (secondary N) is 3. The first-order chi connectivity index (χ1) is 13.2. The van der Waals surface area contributed by atoms with E-state index in [1.54, 1.807) is 0 Å². The number of fused-ring (bicyclic) bond motifs is 1. The lowest BCUT2D eigenvalue weighted by molar-refractivity contribution is 0.0956. The summed E-state index contributed by atoms with van der Waals surface area (Å²) in [7, 11) is 0. The molecule has 138 valence electrons. The van der Waals surface area contributed by atoms with Crippen molar-refractivity contribution in [2.75, 3.05) is 19.6 Å². The van der Waals surface area contributed by atoms with Crippen LogP contribution in [0.15, 0.2) is 42.5 Å². The molecule has 0 spiro atoms. The molecule has 0 saturated carbocycles. The minimum absolute atomic E-state index is 0.0403. The Labute approximate surface area is 158 Å². The number of H-pyrrole nitrogens is 1. The molecule has 1 amide bonds. The van der Waals surface area contributed by atoms with Gasteiger partial charge in [0.25, 0.3) is 5.91 Å². The van der Waals surface area contributed by atoms with E-state index in [0.717, 1.165) is 52.8 Å². The third-order valence-electron chi connectivity index (χ3n) is 5.08. The van der Waals surface area contributed by atoms with Crippen LogP contribution in [-0.4, -0.2) is 35.7 Å². The summed E-state index contributed by atoms with van der Waals surface area (Å²) in [6.45, 7) is 6.50. The molecule has 0 radical (unpaired) electrons. The molecule has 0 unspecified atom stereocenters. The van der Waals surface area contributed by atoms with E-state index in [-0.39, 0.29) is 5.91 Å². The molecule has 0 aliphatic carbocycles. The summed E-state index contributed by atoms with van der Waals surface area (Å²) in [5.41, 5.74) is 7.34. The number of rotatable bonds is 4. The SMILES string of the molecule is CCNC(=O)c1ccc(C)c(-c2ccc3c(C4=CCNCC4)n[nH]c3c2)c1. The second kappa shape index (κ2) is 7.37. The average molecular weight is 360 g/mol. The maximum atomic E-state index is 12.2. The van der Waals surface area contributed by atoms with E-state index in [9.17, 15) is 4.79 Å². The van der Waals surface area contributed by atoms with Crippen molar-refractivity contribution in [2.45, 2.75) is 20.3 Å². The number of benzene rings is 2. The first kappa shape index (κ1) is 17.5. The van der Waals surface area contributed by atoms with Gasteiger partial charge in [-0.25, -0.2) is 0 Å². The number of aromatic nitrogens is 2. The highest BCUT2D eigenvalue weighted by Gasteiger charge is 2.14. The van der Waals surface area contributed by atoms with Gasteiger partial charge >= 0.3 is 0 Å². The number of hydrogen-bond acceptors (Lipinski definition) is 3. The van der Waals surface area contributed by atoms with Crippen LogP contribution in [0, 0.1) is 6.92 Å². The van der Waals surface area contributed by atoms with Gasteiger partial charge in [-0.1, -0.05) is 18.2 Å². The van der Waals surface area contributed by atoms with E-state index in [1.807, 2.05) is 25.1 Å². The van der Waals surface area contributed by atoms with Crippen molar-refractivity contribution in [1.82, 2.24) is 20.8 Å². The first-order valence-corrected chi connectivity index (χ1v) is 9.45. The smallest absolute Gasteiger partial charge is 0.251 e. The molecule has 1 aliphatic heterocycles. The molecule has 0 bridgehead atoms. The second-order valence-corrected chi connectivity index (χ2v) is 6.91. The van der Waals surface area contributed by atoms with E-state index in [4.69, 9.17) is 0 Å². The number of nitrogens with zero attached hydrogens (tertiary/aromatic N) is 1. The summed E-state index contributed by atoms with van der Waals surface area (Å²) in [5.74, 6) is -0.0403. The zero-order valence-corrected chi connectivity index (χ0v) is 15.7. The van der Waals surface area contributed by atoms with Crippen LogP contribution in [0.4, 0.5) is 0 Å². The molecule has 0 atom stereocenters. The van der Waals surface area contributed by atoms with Crippen molar-refractivity contribution >= 4 is 22.4 Å². The van der Waals surface area contributed by atoms with E-state index in [0.29, 0.717) is 12.1 Å². The minimum Gasteiger partial charge on any atom is -0.352 e. The van der Waals surface area contributed by atoms with Crippen LogP contribution in [0.3, 0.4) is 0 Å². The summed E-state index contributed by atoms with van der Waals surface area (Å²) in [4.78, 5) is 12.2. The van der Waals surface area contributed by atoms with Crippen LogP contribution in [0.5, 0.6) is 0 Å². The lowest BCUT2D eigenvalue weighted by Gasteiger charge is -2.12. The highest BCUT2D eigenvalue weighted by atomic mass is 16.1. The molecule has 1 aromatic heterocycles. The zero-order chi connectivity index (χ0) is 18.8. The van der Waals surface area contributed by atoms with Crippen molar-refractivity contribution in [1.29, 1.82) is 0 Å². The number of carbonyl (C=O) groups excluding carboxylic acids is 1. The van der Waals surface area contributed by atoms with Gasteiger partial charge in [-0.15, -0.1) is 0 Å².